The first-order chi connectivity index (χ1) is 10.3. The van der Waals surface area contributed by atoms with Crippen LogP contribution in [0.3, 0.4) is 0 Å². The average Bonchev–Trinajstić information content (AvgIpc) is 2.88. The lowest BCUT2D eigenvalue weighted by Crippen LogP contribution is -2.00. The molecule has 3 rings (SSSR count). The Kier molecular flexibility index (Phi) is 3.71. The van der Waals surface area contributed by atoms with Crippen LogP contribution < -0.4 is 5.73 Å². The molecule has 0 fully saturated rings. The number of anilines is 1. The number of nitrogens with zero attached hydrogens (tertiary/aromatic N) is 3. The summed E-state index contributed by atoms with van der Waals surface area (Å²) in [6.07, 6.45) is 3.38. The zero-order chi connectivity index (χ0) is 14.7. The molecule has 3 aromatic rings. The van der Waals surface area contributed by atoms with E-state index in [9.17, 15) is 0 Å². The van der Waals surface area contributed by atoms with Gasteiger partial charge in [0.15, 0.2) is 0 Å². The van der Waals surface area contributed by atoms with Gasteiger partial charge in [0, 0.05) is 16.1 Å². The number of nitrogens with two attached hydrogens (primary N) is 1. The van der Waals surface area contributed by atoms with Gasteiger partial charge in [0.05, 0.1) is 18.1 Å². The van der Waals surface area contributed by atoms with E-state index in [-0.39, 0.29) is 0 Å². The monoisotopic (exact) mass is 296 g/mol. The Morgan fingerprint density at radius 1 is 1.05 bits per heavy atom. The fourth-order valence-electron chi connectivity index (χ4n) is 1.99. The van der Waals surface area contributed by atoms with Crippen molar-refractivity contribution in [2.45, 2.75) is 0 Å². The van der Waals surface area contributed by atoms with Gasteiger partial charge in [-0.15, -0.1) is 0 Å². The molecule has 4 nitrogen and oxygen atoms in total. The number of imidazole rings is 1. The summed E-state index contributed by atoms with van der Waals surface area (Å²) in [5.74, 6) is 0.331. The van der Waals surface area contributed by atoms with Crippen molar-refractivity contribution < 1.29 is 0 Å². The molecule has 1 aromatic heterocycles. The lowest BCUT2D eigenvalue weighted by molar-refractivity contribution is 0.906. The molecule has 0 bridgehead atoms. The molecule has 2 aromatic carbocycles. The molecule has 0 unspecified atom stereocenters. The molecule has 5 heteroatoms. The molecule has 0 amide bonds. The van der Waals surface area contributed by atoms with Crippen LogP contribution in [0.25, 0.3) is 11.3 Å². The van der Waals surface area contributed by atoms with E-state index in [1.165, 1.54) is 0 Å². The maximum absolute atomic E-state index is 6.11. The summed E-state index contributed by atoms with van der Waals surface area (Å²) in [6, 6.07) is 17.3. The van der Waals surface area contributed by atoms with Crippen LogP contribution in [0.4, 0.5) is 5.95 Å². The minimum absolute atomic E-state index is 0.331. The van der Waals surface area contributed by atoms with Gasteiger partial charge in [-0.05, 0) is 6.07 Å². The molecule has 104 valence electrons. The third-order valence-corrected chi connectivity index (χ3v) is 3.40. The van der Waals surface area contributed by atoms with E-state index < -0.39 is 0 Å². The quantitative estimate of drug-likeness (QED) is 0.750. The topological polar surface area (TPSA) is 56.2 Å². The molecule has 0 saturated heterocycles. The normalized spacial score (nSPS) is 11.1. The summed E-state index contributed by atoms with van der Waals surface area (Å²) >= 11 is 6.11. The number of benzene rings is 2. The van der Waals surface area contributed by atoms with Gasteiger partial charge < -0.3 is 5.73 Å². The third-order valence-electron chi connectivity index (χ3n) is 3.05. The van der Waals surface area contributed by atoms with Crippen LogP contribution in [0.15, 0.2) is 65.9 Å². The second-order valence-corrected chi connectivity index (χ2v) is 4.85. The van der Waals surface area contributed by atoms with E-state index in [0.29, 0.717) is 11.0 Å². The summed E-state index contributed by atoms with van der Waals surface area (Å²) in [5.41, 5.74) is 8.54. The number of hydrogen-bond donors (Lipinski definition) is 1. The zero-order valence-electron chi connectivity index (χ0n) is 11.1. The summed E-state index contributed by atoms with van der Waals surface area (Å²) < 4.78 is 1.60. The Balaban J connectivity index is 2.00. The molecule has 21 heavy (non-hydrogen) atoms. The summed E-state index contributed by atoms with van der Waals surface area (Å²) in [7, 11) is 0. The Bertz CT molecular complexity index is 778. The molecule has 1 heterocycles. The van der Waals surface area contributed by atoms with Crippen LogP contribution in [-0.2, 0) is 0 Å². The molecule has 2 N–H and O–H groups in total. The van der Waals surface area contributed by atoms with E-state index in [4.69, 9.17) is 17.3 Å². The fraction of sp³-hybridized carbons (Fsp3) is 0. The Morgan fingerprint density at radius 2 is 1.76 bits per heavy atom. The lowest BCUT2D eigenvalue weighted by atomic mass is 10.2. The van der Waals surface area contributed by atoms with Gasteiger partial charge in [-0.1, -0.05) is 60.1 Å². The molecule has 0 aliphatic rings. The molecular formula is C16H13ClN4. The van der Waals surface area contributed by atoms with E-state index in [2.05, 4.69) is 10.1 Å². The number of halogens is 1. The standard InChI is InChI=1S/C16H13ClN4/c17-14-9-5-4-8-13(14)10-20-21-15(11-19-16(21)18)12-6-2-1-3-7-12/h1-11H,(H2,18,19). The van der Waals surface area contributed by atoms with E-state index in [0.717, 1.165) is 16.8 Å². The van der Waals surface area contributed by atoms with Crippen molar-refractivity contribution in [1.82, 2.24) is 9.66 Å². The van der Waals surface area contributed by atoms with Crippen molar-refractivity contribution in [2.24, 2.45) is 5.10 Å². The molecule has 0 atom stereocenters. The molecule has 0 aliphatic carbocycles. The number of nitrogen functional groups attached to an aromatic ring is 1. The van der Waals surface area contributed by atoms with E-state index >= 15 is 0 Å². The van der Waals surface area contributed by atoms with Crippen LogP contribution in [0.5, 0.6) is 0 Å². The van der Waals surface area contributed by atoms with Crippen LogP contribution in [0, 0.1) is 0 Å². The lowest BCUT2D eigenvalue weighted by Gasteiger charge is -2.04. The van der Waals surface area contributed by atoms with Gasteiger partial charge in [0.2, 0.25) is 5.95 Å². The maximum Gasteiger partial charge on any atom is 0.221 e. The van der Waals surface area contributed by atoms with Gasteiger partial charge in [0.1, 0.15) is 0 Å². The first-order valence-corrected chi connectivity index (χ1v) is 6.81. The van der Waals surface area contributed by atoms with Gasteiger partial charge in [-0.2, -0.15) is 9.78 Å². The molecule has 0 spiro atoms. The SMILES string of the molecule is Nc1ncc(-c2ccccc2)n1N=Cc1ccccc1Cl. The molecule has 0 saturated carbocycles. The summed E-state index contributed by atoms with van der Waals surface area (Å²) in [4.78, 5) is 4.12. The van der Waals surface area contributed by atoms with Gasteiger partial charge in [0.25, 0.3) is 0 Å². The van der Waals surface area contributed by atoms with Crippen molar-refractivity contribution in [3.63, 3.8) is 0 Å². The van der Waals surface area contributed by atoms with Crippen LogP contribution in [0.1, 0.15) is 5.56 Å². The van der Waals surface area contributed by atoms with Crippen molar-refractivity contribution in [3.8, 4) is 11.3 Å². The second-order valence-electron chi connectivity index (χ2n) is 4.45. The molecule has 0 radical (unpaired) electrons. The van der Waals surface area contributed by atoms with Crippen molar-refractivity contribution in [1.29, 1.82) is 0 Å². The summed E-state index contributed by atoms with van der Waals surface area (Å²) in [5, 5.41) is 5.03. The smallest absolute Gasteiger partial charge is 0.221 e. The highest BCUT2D eigenvalue weighted by Gasteiger charge is 2.08. The molecular weight excluding hydrogens is 284 g/mol. The number of aromatic nitrogens is 2. The van der Waals surface area contributed by atoms with Crippen molar-refractivity contribution >= 4 is 23.8 Å². The van der Waals surface area contributed by atoms with Gasteiger partial charge in [-0.25, -0.2) is 4.98 Å². The fourth-order valence-corrected chi connectivity index (χ4v) is 2.17. The highest BCUT2D eigenvalue weighted by atomic mass is 35.5. The van der Waals surface area contributed by atoms with Crippen LogP contribution >= 0.6 is 11.6 Å². The number of hydrogen-bond acceptors (Lipinski definition) is 3. The summed E-state index contributed by atoms with van der Waals surface area (Å²) in [6.45, 7) is 0. The average molecular weight is 297 g/mol. The van der Waals surface area contributed by atoms with E-state index in [1.807, 2.05) is 54.6 Å². The first-order valence-electron chi connectivity index (χ1n) is 6.43. The largest absolute Gasteiger partial charge is 0.368 e. The minimum atomic E-state index is 0.331. The maximum atomic E-state index is 6.11. The molecule has 0 aliphatic heterocycles. The first kappa shape index (κ1) is 13.4. The van der Waals surface area contributed by atoms with E-state index in [1.54, 1.807) is 17.1 Å². The van der Waals surface area contributed by atoms with Gasteiger partial charge >= 0.3 is 0 Å². The highest BCUT2D eigenvalue weighted by Crippen LogP contribution is 2.21. The number of rotatable bonds is 3. The Morgan fingerprint density at radius 3 is 2.52 bits per heavy atom. The zero-order valence-corrected chi connectivity index (χ0v) is 11.9. The highest BCUT2D eigenvalue weighted by molar-refractivity contribution is 6.33. The van der Waals surface area contributed by atoms with Crippen LogP contribution in [-0.4, -0.2) is 15.9 Å². The Labute approximate surface area is 127 Å². The van der Waals surface area contributed by atoms with Crippen molar-refractivity contribution in [3.05, 3.63) is 71.4 Å². The third kappa shape index (κ3) is 2.80. The van der Waals surface area contributed by atoms with Crippen LogP contribution in [0.2, 0.25) is 5.02 Å². The predicted octanol–water partition coefficient (Wildman–Crippen LogP) is 3.67. The van der Waals surface area contributed by atoms with Gasteiger partial charge in [-0.3, -0.25) is 0 Å². The predicted molar refractivity (Wildman–Crippen MR) is 86.5 cm³/mol. The minimum Gasteiger partial charge on any atom is -0.368 e. The Hall–Kier alpha value is -2.59. The van der Waals surface area contributed by atoms with Crippen molar-refractivity contribution in [2.75, 3.05) is 5.73 Å². The second kappa shape index (κ2) is 5.81.